The smallest absolute Gasteiger partial charge is 0.312 e. The van der Waals surface area contributed by atoms with Crippen LogP contribution >= 0.6 is 0 Å². The summed E-state index contributed by atoms with van der Waals surface area (Å²) in [5, 5.41) is 22.8. The minimum absolute atomic E-state index is 0.0775. The summed E-state index contributed by atoms with van der Waals surface area (Å²) in [4.78, 5) is 22.3. The van der Waals surface area contributed by atoms with Crippen molar-refractivity contribution < 1.29 is 19.6 Å². The van der Waals surface area contributed by atoms with Crippen LogP contribution in [0.3, 0.4) is 0 Å². The molecule has 0 heterocycles. The molecule has 1 aromatic rings. The topological polar surface area (TPSA) is 102 Å². The number of ether oxygens (including phenoxy) is 1. The monoisotopic (exact) mass is 322 g/mol. The summed E-state index contributed by atoms with van der Waals surface area (Å²) in [6.07, 6.45) is 3.63. The number of nitro groups is 1. The van der Waals surface area contributed by atoms with Crippen LogP contribution in [-0.2, 0) is 9.53 Å². The van der Waals surface area contributed by atoms with Crippen molar-refractivity contribution in [1.82, 2.24) is 0 Å². The maximum absolute atomic E-state index is 12.2. The van der Waals surface area contributed by atoms with E-state index >= 15 is 0 Å². The van der Waals surface area contributed by atoms with Gasteiger partial charge in [-0.3, -0.25) is 14.9 Å². The largest absolute Gasteiger partial charge is 0.502 e. The summed E-state index contributed by atoms with van der Waals surface area (Å²) >= 11 is 0. The molecule has 0 spiro atoms. The van der Waals surface area contributed by atoms with E-state index in [1.807, 2.05) is 0 Å². The average Bonchev–Trinajstić information content (AvgIpc) is 2.48. The van der Waals surface area contributed by atoms with E-state index in [0.717, 1.165) is 25.3 Å². The van der Waals surface area contributed by atoms with Gasteiger partial charge in [0, 0.05) is 11.8 Å². The molecule has 126 valence electrons. The zero-order valence-electron chi connectivity index (χ0n) is 13.3. The number of phenolic OH excluding ortho intramolecular Hbond substituents is 1. The average molecular weight is 322 g/mol. The van der Waals surface area contributed by atoms with Gasteiger partial charge in [-0.2, -0.15) is 0 Å². The Balaban J connectivity index is 1.95. The standard InChI is InChI=1S/C16H22N2O5/c1-10-4-3-5-13(8-10)23-11(2)16(20)17-12-6-7-15(19)14(9-12)18(21)22/h6-7,9-11,13,19H,3-5,8H2,1-2H3,(H,17,20)/t10-,11-,13+/m1/s1. The van der Waals surface area contributed by atoms with Gasteiger partial charge in [0.05, 0.1) is 11.0 Å². The summed E-state index contributed by atoms with van der Waals surface area (Å²) in [5.74, 6) is -0.194. The molecule has 1 fully saturated rings. The number of nitrogens with zero attached hydrogens (tertiary/aromatic N) is 1. The first kappa shape index (κ1) is 17.2. The minimum Gasteiger partial charge on any atom is -0.502 e. The normalized spacial score (nSPS) is 22.3. The van der Waals surface area contributed by atoms with E-state index in [1.54, 1.807) is 6.92 Å². The molecule has 0 aliphatic heterocycles. The number of amides is 1. The number of anilines is 1. The number of nitrogens with one attached hydrogen (secondary N) is 1. The minimum atomic E-state index is -0.700. The van der Waals surface area contributed by atoms with Gasteiger partial charge in [-0.1, -0.05) is 19.8 Å². The lowest BCUT2D eigenvalue weighted by atomic mass is 9.88. The van der Waals surface area contributed by atoms with E-state index in [9.17, 15) is 20.0 Å². The molecule has 2 N–H and O–H groups in total. The zero-order valence-corrected chi connectivity index (χ0v) is 13.3. The van der Waals surface area contributed by atoms with E-state index in [1.165, 1.54) is 18.6 Å². The second kappa shape index (κ2) is 7.41. The van der Waals surface area contributed by atoms with Crippen molar-refractivity contribution in [2.24, 2.45) is 5.92 Å². The van der Waals surface area contributed by atoms with Gasteiger partial charge in [0.15, 0.2) is 5.75 Å². The fourth-order valence-corrected chi connectivity index (χ4v) is 2.84. The van der Waals surface area contributed by atoms with Crippen molar-refractivity contribution in [1.29, 1.82) is 0 Å². The van der Waals surface area contributed by atoms with Crippen molar-refractivity contribution in [2.45, 2.75) is 51.7 Å². The molecule has 7 nitrogen and oxygen atoms in total. The summed E-state index contributed by atoms with van der Waals surface area (Å²) in [7, 11) is 0. The van der Waals surface area contributed by atoms with Crippen LogP contribution < -0.4 is 5.32 Å². The third-order valence-corrected chi connectivity index (χ3v) is 4.09. The highest BCUT2D eigenvalue weighted by Gasteiger charge is 2.24. The number of rotatable bonds is 5. The van der Waals surface area contributed by atoms with Crippen LogP contribution in [0.25, 0.3) is 0 Å². The Kier molecular flexibility index (Phi) is 5.54. The number of phenols is 1. The molecular weight excluding hydrogens is 300 g/mol. The predicted octanol–water partition coefficient (Wildman–Crippen LogP) is 3.22. The van der Waals surface area contributed by atoms with Crippen LogP contribution in [0.1, 0.15) is 39.5 Å². The molecule has 0 bridgehead atoms. The highest BCUT2D eigenvalue weighted by atomic mass is 16.6. The van der Waals surface area contributed by atoms with Crippen LogP contribution in [-0.4, -0.2) is 28.1 Å². The Hall–Kier alpha value is -2.15. The van der Waals surface area contributed by atoms with Crippen molar-refractivity contribution >= 4 is 17.3 Å². The highest BCUT2D eigenvalue weighted by molar-refractivity contribution is 5.94. The lowest BCUT2D eigenvalue weighted by molar-refractivity contribution is -0.385. The molecule has 1 saturated carbocycles. The molecule has 7 heteroatoms. The summed E-state index contributed by atoms with van der Waals surface area (Å²) in [6.45, 7) is 3.85. The Morgan fingerprint density at radius 3 is 2.87 bits per heavy atom. The van der Waals surface area contributed by atoms with Crippen LogP contribution in [0.2, 0.25) is 0 Å². The number of hydrogen-bond acceptors (Lipinski definition) is 5. The van der Waals surface area contributed by atoms with E-state index in [0.29, 0.717) is 5.92 Å². The first-order valence-electron chi connectivity index (χ1n) is 7.80. The number of hydrogen-bond donors (Lipinski definition) is 2. The third kappa shape index (κ3) is 4.66. The molecule has 1 aliphatic rings. The fourth-order valence-electron chi connectivity index (χ4n) is 2.84. The van der Waals surface area contributed by atoms with Gasteiger partial charge in [-0.25, -0.2) is 0 Å². The molecule has 1 aliphatic carbocycles. The van der Waals surface area contributed by atoms with Gasteiger partial charge in [-0.05, 0) is 37.8 Å². The van der Waals surface area contributed by atoms with Gasteiger partial charge in [-0.15, -0.1) is 0 Å². The van der Waals surface area contributed by atoms with Gasteiger partial charge in [0.25, 0.3) is 5.91 Å². The molecule has 1 aromatic carbocycles. The molecule has 0 radical (unpaired) electrons. The fraction of sp³-hybridized carbons (Fsp3) is 0.562. The van der Waals surface area contributed by atoms with Gasteiger partial charge < -0.3 is 15.2 Å². The highest BCUT2D eigenvalue weighted by Crippen LogP contribution is 2.29. The SMILES string of the molecule is C[C@@H]1CCC[C@H](O[C@H](C)C(=O)Nc2ccc(O)c([N+](=O)[O-])c2)C1. The van der Waals surface area contributed by atoms with E-state index in [2.05, 4.69) is 12.2 Å². The Morgan fingerprint density at radius 2 is 2.22 bits per heavy atom. The molecule has 0 unspecified atom stereocenters. The summed E-state index contributed by atoms with van der Waals surface area (Å²) < 4.78 is 5.80. The molecular formula is C16H22N2O5. The Bertz CT molecular complexity index is 590. The van der Waals surface area contributed by atoms with Crippen LogP contribution in [0.5, 0.6) is 5.75 Å². The summed E-state index contributed by atoms with van der Waals surface area (Å²) in [5.41, 5.74) is -0.190. The number of carbonyl (C=O) groups is 1. The van der Waals surface area contributed by atoms with Crippen molar-refractivity contribution in [3.05, 3.63) is 28.3 Å². The molecule has 0 aromatic heterocycles. The van der Waals surface area contributed by atoms with Crippen LogP contribution in [0.15, 0.2) is 18.2 Å². The Morgan fingerprint density at radius 1 is 1.48 bits per heavy atom. The van der Waals surface area contributed by atoms with Crippen LogP contribution in [0, 0.1) is 16.0 Å². The Labute approximate surface area is 134 Å². The van der Waals surface area contributed by atoms with Gasteiger partial charge in [0.2, 0.25) is 0 Å². The predicted molar refractivity (Wildman–Crippen MR) is 85.4 cm³/mol. The molecule has 1 amide bonds. The third-order valence-electron chi connectivity index (χ3n) is 4.09. The van der Waals surface area contributed by atoms with Gasteiger partial charge in [0.1, 0.15) is 6.10 Å². The second-order valence-electron chi connectivity index (χ2n) is 6.12. The van der Waals surface area contributed by atoms with Crippen molar-refractivity contribution in [3.63, 3.8) is 0 Å². The molecule has 3 atom stereocenters. The maximum Gasteiger partial charge on any atom is 0.312 e. The van der Waals surface area contributed by atoms with Crippen LogP contribution in [0.4, 0.5) is 11.4 Å². The summed E-state index contributed by atoms with van der Waals surface area (Å²) in [6, 6.07) is 3.72. The number of benzene rings is 1. The number of aromatic hydroxyl groups is 1. The lowest BCUT2D eigenvalue weighted by Crippen LogP contribution is -2.33. The van der Waals surface area contributed by atoms with Crippen molar-refractivity contribution in [2.75, 3.05) is 5.32 Å². The van der Waals surface area contributed by atoms with Gasteiger partial charge >= 0.3 is 5.69 Å². The van der Waals surface area contributed by atoms with E-state index in [4.69, 9.17) is 4.74 Å². The van der Waals surface area contributed by atoms with Crippen molar-refractivity contribution in [3.8, 4) is 5.75 Å². The zero-order chi connectivity index (χ0) is 17.0. The number of nitro benzene ring substituents is 1. The first-order chi connectivity index (χ1) is 10.9. The molecule has 2 rings (SSSR count). The lowest BCUT2D eigenvalue weighted by Gasteiger charge is -2.28. The second-order valence-corrected chi connectivity index (χ2v) is 6.12. The van der Waals surface area contributed by atoms with E-state index < -0.39 is 22.5 Å². The molecule has 23 heavy (non-hydrogen) atoms. The number of carbonyl (C=O) groups excluding carboxylic acids is 1. The molecule has 0 saturated heterocycles. The van der Waals surface area contributed by atoms with E-state index in [-0.39, 0.29) is 17.7 Å². The maximum atomic E-state index is 12.2. The quantitative estimate of drug-likeness (QED) is 0.492. The first-order valence-corrected chi connectivity index (χ1v) is 7.80.